The van der Waals surface area contributed by atoms with Gasteiger partial charge in [-0.3, -0.25) is 9.59 Å². The number of carbonyl (C=O) groups is 2. The second-order valence-electron chi connectivity index (χ2n) is 9.12. The van der Waals surface area contributed by atoms with Gasteiger partial charge in [0.2, 0.25) is 5.91 Å². The predicted molar refractivity (Wildman–Crippen MR) is 100 cm³/mol. The number of hydrazone groups is 1. The molecule has 0 radical (unpaired) electrons. The van der Waals surface area contributed by atoms with Crippen LogP contribution in [-0.4, -0.2) is 35.5 Å². The van der Waals surface area contributed by atoms with E-state index in [1.54, 1.807) is 6.07 Å². The minimum atomic E-state index is -0.156. The molecule has 4 saturated carbocycles. The van der Waals surface area contributed by atoms with Crippen molar-refractivity contribution >= 4 is 17.5 Å². The molecule has 1 saturated heterocycles. The van der Waals surface area contributed by atoms with E-state index in [0.717, 1.165) is 42.7 Å². The van der Waals surface area contributed by atoms with Crippen molar-refractivity contribution < 1.29 is 14.0 Å². The lowest BCUT2D eigenvalue weighted by Gasteiger charge is -2.55. The predicted octanol–water partition coefficient (Wildman–Crippen LogP) is 3.20. The Morgan fingerprint density at radius 1 is 1.07 bits per heavy atom. The fourth-order valence-electron chi connectivity index (χ4n) is 6.29. The number of nitrogens with one attached hydrogen (secondary N) is 1. The Morgan fingerprint density at radius 2 is 1.70 bits per heavy atom. The summed E-state index contributed by atoms with van der Waals surface area (Å²) in [6, 6.07) is 1.69. The van der Waals surface area contributed by atoms with Crippen molar-refractivity contribution in [2.75, 3.05) is 13.1 Å². The Balaban J connectivity index is 1.18. The van der Waals surface area contributed by atoms with Gasteiger partial charge in [0.25, 0.3) is 5.91 Å². The lowest BCUT2D eigenvalue weighted by molar-refractivity contribution is -0.146. The van der Waals surface area contributed by atoms with E-state index in [1.165, 1.54) is 31.8 Å². The smallest absolute Gasteiger partial charge is 0.257 e. The molecule has 2 amide bonds. The fraction of sp³-hybridized carbons (Fsp3) is 0.667. The maximum atomic E-state index is 13.0. The van der Waals surface area contributed by atoms with Gasteiger partial charge >= 0.3 is 0 Å². The van der Waals surface area contributed by atoms with Crippen LogP contribution >= 0.6 is 0 Å². The second-order valence-corrected chi connectivity index (χ2v) is 9.12. The van der Waals surface area contributed by atoms with Gasteiger partial charge in [-0.15, -0.1) is 0 Å². The van der Waals surface area contributed by atoms with E-state index in [0.29, 0.717) is 31.5 Å². The zero-order valence-electron chi connectivity index (χ0n) is 15.7. The Bertz CT molecular complexity index is 722. The first-order valence-electron chi connectivity index (χ1n) is 10.3. The first-order chi connectivity index (χ1) is 13.1. The van der Waals surface area contributed by atoms with Crippen LogP contribution in [0.3, 0.4) is 0 Å². The van der Waals surface area contributed by atoms with Crippen LogP contribution in [0.1, 0.15) is 61.7 Å². The number of carbonyl (C=O) groups excluding carboxylic acids is 2. The highest BCUT2D eigenvalue weighted by atomic mass is 16.3. The Hall–Kier alpha value is -2.11. The fourth-order valence-corrected chi connectivity index (χ4v) is 6.29. The van der Waals surface area contributed by atoms with Crippen LogP contribution in [0.15, 0.2) is 28.1 Å². The number of nitrogens with zero attached hydrogens (tertiary/aromatic N) is 2. The van der Waals surface area contributed by atoms with Crippen LogP contribution in [-0.2, 0) is 4.79 Å². The summed E-state index contributed by atoms with van der Waals surface area (Å²) >= 11 is 0. The van der Waals surface area contributed by atoms with Crippen LogP contribution in [0.25, 0.3) is 0 Å². The third-order valence-electron chi connectivity index (χ3n) is 7.23. The molecule has 5 aliphatic rings. The van der Waals surface area contributed by atoms with E-state index in [2.05, 4.69) is 10.5 Å². The van der Waals surface area contributed by atoms with Gasteiger partial charge in [0, 0.05) is 31.6 Å². The molecule has 1 aromatic heterocycles. The molecule has 2 heterocycles. The number of piperidine rings is 1. The molecule has 4 bridgehead atoms. The Morgan fingerprint density at radius 3 is 2.26 bits per heavy atom. The van der Waals surface area contributed by atoms with Gasteiger partial charge in [-0.1, -0.05) is 0 Å². The largest absolute Gasteiger partial charge is 0.472 e. The van der Waals surface area contributed by atoms with Crippen molar-refractivity contribution in [2.24, 2.45) is 28.3 Å². The summed E-state index contributed by atoms with van der Waals surface area (Å²) in [6.07, 6.45) is 11.6. The molecule has 27 heavy (non-hydrogen) atoms. The van der Waals surface area contributed by atoms with Crippen molar-refractivity contribution in [3.8, 4) is 0 Å². The molecule has 1 aliphatic heterocycles. The van der Waals surface area contributed by atoms with Crippen molar-refractivity contribution in [3.05, 3.63) is 24.2 Å². The van der Waals surface area contributed by atoms with E-state index in [-0.39, 0.29) is 17.2 Å². The van der Waals surface area contributed by atoms with Gasteiger partial charge in [0.15, 0.2) is 0 Å². The maximum absolute atomic E-state index is 13.0. The quantitative estimate of drug-likeness (QED) is 0.832. The number of hydrogen-bond acceptors (Lipinski definition) is 4. The highest BCUT2D eigenvalue weighted by Crippen LogP contribution is 2.60. The van der Waals surface area contributed by atoms with E-state index < -0.39 is 0 Å². The molecular weight excluding hydrogens is 342 g/mol. The molecule has 6 rings (SSSR count). The first-order valence-corrected chi connectivity index (χ1v) is 10.3. The molecule has 1 aromatic rings. The summed E-state index contributed by atoms with van der Waals surface area (Å²) in [6.45, 7) is 1.27. The van der Waals surface area contributed by atoms with Crippen LogP contribution < -0.4 is 5.43 Å². The van der Waals surface area contributed by atoms with Crippen LogP contribution in [0, 0.1) is 23.2 Å². The van der Waals surface area contributed by atoms with E-state index in [4.69, 9.17) is 4.42 Å². The standard InChI is InChI=1S/C21H27N3O3/c25-19(17-3-6-27-13-17)24-4-1-18(2-5-24)22-23-20(26)21-10-14-7-15(11-21)9-16(8-14)12-21/h3,6,13-16H,1-2,4-5,7-12H2,(H,23,26). The zero-order valence-corrected chi connectivity index (χ0v) is 15.7. The number of amides is 2. The molecule has 144 valence electrons. The molecule has 0 spiro atoms. The lowest BCUT2D eigenvalue weighted by atomic mass is 9.49. The van der Waals surface area contributed by atoms with E-state index >= 15 is 0 Å². The number of furan rings is 1. The molecular formula is C21H27N3O3. The molecule has 0 aromatic carbocycles. The van der Waals surface area contributed by atoms with Crippen LogP contribution in [0.5, 0.6) is 0 Å². The van der Waals surface area contributed by atoms with E-state index in [1.807, 2.05) is 4.90 Å². The summed E-state index contributed by atoms with van der Waals surface area (Å²) in [7, 11) is 0. The molecule has 4 aliphatic carbocycles. The summed E-state index contributed by atoms with van der Waals surface area (Å²) in [5.74, 6) is 2.41. The molecule has 5 fully saturated rings. The average molecular weight is 369 g/mol. The summed E-state index contributed by atoms with van der Waals surface area (Å²) < 4.78 is 4.99. The van der Waals surface area contributed by atoms with Crippen molar-refractivity contribution in [3.63, 3.8) is 0 Å². The van der Waals surface area contributed by atoms with Crippen LogP contribution in [0.4, 0.5) is 0 Å². The third-order valence-corrected chi connectivity index (χ3v) is 7.23. The third kappa shape index (κ3) is 3.09. The topological polar surface area (TPSA) is 74.9 Å². The molecule has 6 heteroatoms. The van der Waals surface area contributed by atoms with Gasteiger partial charge in [-0.2, -0.15) is 5.10 Å². The van der Waals surface area contributed by atoms with Crippen molar-refractivity contribution in [1.29, 1.82) is 0 Å². The lowest BCUT2D eigenvalue weighted by Crippen LogP contribution is -2.53. The Labute approximate surface area is 159 Å². The van der Waals surface area contributed by atoms with Crippen molar-refractivity contribution in [2.45, 2.75) is 51.4 Å². The van der Waals surface area contributed by atoms with Gasteiger partial charge < -0.3 is 9.32 Å². The molecule has 0 atom stereocenters. The molecule has 0 unspecified atom stereocenters. The van der Waals surface area contributed by atoms with Gasteiger partial charge in [-0.25, -0.2) is 5.43 Å². The summed E-state index contributed by atoms with van der Waals surface area (Å²) in [4.78, 5) is 27.1. The van der Waals surface area contributed by atoms with E-state index in [9.17, 15) is 9.59 Å². The minimum Gasteiger partial charge on any atom is -0.472 e. The number of hydrogen-bond donors (Lipinski definition) is 1. The SMILES string of the molecule is O=C(c1ccoc1)N1CCC(=NNC(=O)C23CC4CC(CC(C4)C2)C3)CC1. The average Bonchev–Trinajstić information content (AvgIpc) is 3.19. The summed E-state index contributed by atoms with van der Waals surface area (Å²) in [5.41, 5.74) is 4.33. The van der Waals surface area contributed by atoms with Gasteiger partial charge in [0.1, 0.15) is 6.26 Å². The Kier molecular flexibility index (Phi) is 4.10. The number of rotatable bonds is 3. The van der Waals surface area contributed by atoms with Gasteiger partial charge in [0.05, 0.1) is 17.2 Å². The summed E-state index contributed by atoms with van der Waals surface area (Å²) in [5, 5.41) is 4.46. The molecule has 1 N–H and O–H groups in total. The number of likely N-dealkylation sites (tertiary alicyclic amines) is 1. The van der Waals surface area contributed by atoms with Gasteiger partial charge in [-0.05, 0) is 62.3 Å². The maximum Gasteiger partial charge on any atom is 0.257 e. The highest BCUT2D eigenvalue weighted by molar-refractivity contribution is 5.96. The normalized spacial score (nSPS) is 34.6. The monoisotopic (exact) mass is 369 g/mol. The van der Waals surface area contributed by atoms with Crippen molar-refractivity contribution in [1.82, 2.24) is 10.3 Å². The first kappa shape index (κ1) is 17.0. The molecule has 6 nitrogen and oxygen atoms in total. The van der Waals surface area contributed by atoms with Crippen LogP contribution in [0.2, 0.25) is 0 Å². The minimum absolute atomic E-state index is 0.000373. The zero-order chi connectivity index (χ0) is 18.4. The highest BCUT2D eigenvalue weighted by Gasteiger charge is 2.54. The second kappa shape index (κ2) is 6.50.